The van der Waals surface area contributed by atoms with Gasteiger partial charge in [0, 0.05) is 11.8 Å². The third kappa shape index (κ3) is 2.71. The molecule has 3 nitrogen and oxygen atoms in total. The van der Waals surface area contributed by atoms with Crippen LogP contribution in [0.5, 0.6) is 0 Å². The van der Waals surface area contributed by atoms with Crippen molar-refractivity contribution >= 4 is 0 Å². The average Bonchev–Trinajstić information content (AvgIpc) is 2.88. The summed E-state index contributed by atoms with van der Waals surface area (Å²) >= 11 is 0. The maximum Gasteiger partial charge on any atom is 0.0568 e. The van der Waals surface area contributed by atoms with Gasteiger partial charge in [-0.25, -0.2) is 0 Å². The Morgan fingerprint density at radius 3 is 2.42 bits per heavy atom. The zero-order valence-corrected chi connectivity index (χ0v) is 11.7. The number of hydrogen-bond acceptors (Lipinski definition) is 2. The molecule has 1 aliphatic rings. The Hall–Kier alpha value is -1.61. The van der Waals surface area contributed by atoms with E-state index in [1.807, 2.05) is 6.20 Å². The van der Waals surface area contributed by atoms with Crippen molar-refractivity contribution in [3.63, 3.8) is 0 Å². The Bertz CT molecular complexity index is 545. The van der Waals surface area contributed by atoms with Crippen LogP contribution in [0.3, 0.4) is 0 Å². The van der Waals surface area contributed by atoms with E-state index < -0.39 is 0 Å². The van der Waals surface area contributed by atoms with Crippen molar-refractivity contribution in [3.8, 4) is 11.1 Å². The summed E-state index contributed by atoms with van der Waals surface area (Å²) in [7, 11) is 0. The van der Waals surface area contributed by atoms with E-state index >= 15 is 0 Å². The van der Waals surface area contributed by atoms with Crippen LogP contribution in [0, 0.1) is 13.8 Å². The SMILES string of the molecule is Cc1cc(C)cc(-c2cnn(C3CCNCC3)c2)c1. The summed E-state index contributed by atoms with van der Waals surface area (Å²) in [5.74, 6) is 0. The molecule has 2 heterocycles. The number of rotatable bonds is 2. The molecule has 1 saturated heterocycles. The predicted octanol–water partition coefficient (Wildman–Crippen LogP) is 3.09. The molecule has 0 radical (unpaired) electrons. The Kier molecular flexibility index (Phi) is 3.38. The van der Waals surface area contributed by atoms with Crippen LogP contribution in [-0.4, -0.2) is 22.9 Å². The molecule has 0 bridgehead atoms. The lowest BCUT2D eigenvalue weighted by Gasteiger charge is -2.22. The summed E-state index contributed by atoms with van der Waals surface area (Å²) in [5, 5.41) is 7.96. The van der Waals surface area contributed by atoms with Crippen LogP contribution in [0.15, 0.2) is 30.6 Å². The quantitative estimate of drug-likeness (QED) is 0.893. The molecule has 100 valence electrons. The van der Waals surface area contributed by atoms with Crippen LogP contribution in [0.2, 0.25) is 0 Å². The smallest absolute Gasteiger partial charge is 0.0568 e. The van der Waals surface area contributed by atoms with Gasteiger partial charge in [0.1, 0.15) is 0 Å². The maximum atomic E-state index is 4.56. The molecular weight excluding hydrogens is 234 g/mol. The Morgan fingerprint density at radius 2 is 1.74 bits per heavy atom. The van der Waals surface area contributed by atoms with Crippen LogP contribution in [-0.2, 0) is 0 Å². The second-order valence-corrected chi connectivity index (χ2v) is 5.57. The fourth-order valence-corrected chi connectivity index (χ4v) is 2.90. The van der Waals surface area contributed by atoms with E-state index in [2.05, 4.69) is 53.3 Å². The first kappa shape index (κ1) is 12.4. The summed E-state index contributed by atoms with van der Waals surface area (Å²) in [6, 6.07) is 7.23. The largest absolute Gasteiger partial charge is 0.317 e. The van der Waals surface area contributed by atoms with Crippen LogP contribution in [0.4, 0.5) is 0 Å². The monoisotopic (exact) mass is 255 g/mol. The van der Waals surface area contributed by atoms with Gasteiger partial charge in [-0.15, -0.1) is 0 Å². The molecule has 0 spiro atoms. The van der Waals surface area contributed by atoms with Gasteiger partial charge in [-0.05, 0) is 45.3 Å². The number of aryl methyl sites for hydroxylation is 2. The minimum Gasteiger partial charge on any atom is -0.317 e. The lowest BCUT2D eigenvalue weighted by Crippen LogP contribution is -2.29. The minimum absolute atomic E-state index is 0.556. The highest BCUT2D eigenvalue weighted by Gasteiger charge is 2.16. The fourth-order valence-electron chi connectivity index (χ4n) is 2.90. The number of nitrogens with one attached hydrogen (secondary N) is 1. The molecule has 3 rings (SSSR count). The normalized spacial score (nSPS) is 16.7. The summed E-state index contributed by atoms with van der Waals surface area (Å²) in [6.45, 7) is 6.49. The van der Waals surface area contributed by atoms with Gasteiger partial charge in [0.15, 0.2) is 0 Å². The second kappa shape index (κ2) is 5.17. The molecular formula is C16H21N3. The van der Waals surface area contributed by atoms with Crippen molar-refractivity contribution in [1.82, 2.24) is 15.1 Å². The van der Waals surface area contributed by atoms with Crippen molar-refractivity contribution < 1.29 is 0 Å². The van der Waals surface area contributed by atoms with E-state index in [1.165, 1.54) is 35.1 Å². The molecule has 1 N–H and O–H groups in total. The second-order valence-electron chi connectivity index (χ2n) is 5.57. The van der Waals surface area contributed by atoms with Crippen molar-refractivity contribution in [3.05, 3.63) is 41.7 Å². The van der Waals surface area contributed by atoms with E-state index in [9.17, 15) is 0 Å². The first-order valence-electron chi connectivity index (χ1n) is 7.06. The van der Waals surface area contributed by atoms with E-state index in [1.54, 1.807) is 0 Å². The molecule has 0 saturated carbocycles. The highest BCUT2D eigenvalue weighted by molar-refractivity contribution is 5.63. The van der Waals surface area contributed by atoms with Gasteiger partial charge in [-0.3, -0.25) is 4.68 Å². The first-order valence-corrected chi connectivity index (χ1v) is 7.06. The van der Waals surface area contributed by atoms with Crippen LogP contribution in [0.25, 0.3) is 11.1 Å². The molecule has 0 unspecified atom stereocenters. The molecule has 0 amide bonds. The molecule has 1 fully saturated rings. The highest BCUT2D eigenvalue weighted by atomic mass is 15.3. The van der Waals surface area contributed by atoms with E-state index in [4.69, 9.17) is 0 Å². The van der Waals surface area contributed by atoms with Crippen molar-refractivity contribution in [2.45, 2.75) is 32.7 Å². The van der Waals surface area contributed by atoms with Crippen LogP contribution >= 0.6 is 0 Å². The molecule has 1 aliphatic heterocycles. The van der Waals surface area contributed by atoms with Crippen molar-refractivity contribution in [1.29, 1.82) is 0 Å². The van der Waals surface area contributed by atoms with E-state index in [-0.39, 0.29) is 0 Å². The van der Waals surface area contributed by atoms with Crippen LogP contribution in [0.1, 0.15) is 30.0 Å². The molecule has 1 aromatic carbocycles. The van der Waals surface area contributed by atoms with Gasteiger partial charge in [0.05, 0.1) is 12.2 Å². The van der Waals surface area contributed by atoms with Gasteiger partial charge >= 0.3 is 0 Å². The number of hydrogen-bond donors (Lipinski definition) is 1. The summed E-state index contributed by atoms with van der Waals surface area (Å²) in [4.78, 5) is 0. The van der Waals surface area contributed by atoms with Gasteiger partial charge in [-0.1, -0.05) is 29.3 Å². The van der Waals surface area contributed by atoms with Crippen molar-refractivity contribution in [2.24, 2.45) is 0 Å². The third-order valence-corrected chi connectivity index (χ3v) is 3.84. The minimum atomic E-state index is 0.556. The zero-order chi connectivity index (χ0) is 13.2. The summed E-state index contributed by atoms with van der Waals surface area (Å²) < 4.78 is 2.15. The number of piperidine rings is 1. The standard InChI is InChI=1S/C16H21N3/c1-12-7-13(2)9-14(8-12)15-10-18-19(11-15)16-3-5-17-6-4-16/h7-11,16-17H,3-6H2,1-2H3. The molecule has 0 aliphatic carbocycles. The molecule has 2 aromatic rings. The predicted molar refractivity (Wildman–Crippen MR) is 78.3 cm³/mol. The first-order chi connectivity index (χ1) is 9.22. The number of aromatic nitrogens is 2. The van der Waals surface area contributed by atoms with E-state index in [0.29, 0.717) is 6.04 Å². The van der Waals surface area contributed by atoms with Gasteiger partial charge in [-0.2, -0.15) is 5.10 Å². The number of nitrogens with zero attached hydrogens (tertiary/aromatic N) is 2. The molecule has 1 aromatic heterocycles. The van der Waals surface area contributed by atoms with Gasteiger partial charge in [0.25, 0.3) is 0 Å². The van der Waals surface area contributed by atoms with Crippen LogP contribution < -0.4 is 5.32 Å². The van der Waals surface area contributed by atoms with E-state index in [0.717, 1.165) is 13.1 Å². The summed E-state index contributed by atoms with van der Waals surface area (Å²) in [6.07, 6.45) is 6.54. The lowest BCUT2D eigenvalue weighted by molar-refractivity contribution is 0.343. The van der Waals surface area contributed by atoms with Gasteiger partial charge in [0.2, 0.25) is 0 Å². The average molecular weight is 255 g/mol. The molecule has 19 heavy (non-hydrogen) atoms. The Balaban J connectivity index is 1.87. The summed E-state index contributed by atoms with van der Waals surface area (Å²) in [5.41, 5.74) is 5.12. The Labute approximate surface area is 114 Å². The fraction of sp³-hybridized carbons (Fsp3) is 0.438. The lowest BCUT2D eigenvalue weighted by atomic mass is 10.0. The van der Waals surface area contributed by atoms with Crippen molar-refractivity contribution in [2.75, 3.05) is 13.1 Å². The topological polar surface area (TPSA) is 29.9 Å². The van der Waals surface area contributed by atoms with Gasteiger partial charge < -0.3 is 5.32 Å². The Morgan fingerprint density at radius 1 is 1.05 bits per heavy atom. The maximum absolute atomic E-state index is 4.56. The number of benzene rings is 1. The molecule has 0 atom stereocenters. The highest BCUT2D eigenvalue weighted by Crippen LogP contribution is 2.25. The molecule has 3 heteroatoms. The third-order valence-electron chi connectivity index (χ3n) is 3.84. The zero-order valence-electron chi connectivity index (χ0n) is 11.7.